The Morgan fingerprint density at radius 1 is 1.27 bits per heavy atom. The highest BCUT2D eigenvalue weighted by molar-refractivity contribution is 6.74. The molecule has 1 aliphatic rings. The molecule has 0 aromatic heterocycles. The molecule has 2 atom stereocenters. The van der Waals surface area contributed by atoms with Crippen molar-refractivity contribution >= 4 is 20.2 Å². The van der Waals surface area contributed by atoms with Crippen LogP contribution in [-0.2, 0) is 25.2 Å². The largest absolute Gasteiger partial charge is 0.467 e. The number of benzene rings is 1. The number of rotatable bonds is 5. The molecule has 0 unspecified atom stereocenters. The van der Waals surface area contributed by atoms with Gasteiger partial charge in [-0.3, -0.25) is 4.79 Å². The van der Waals surface area contributed by atoms with E-state index in [0.717, 1.165) is 5.56 Å². The molecule has 0 radical (unpaired) electrons. The van der Waals surface area contributed by atoms with Crippen molar-refractivity contribution in [3.05, 3.63) is 35.9 Å². The number of methoxy groups -OCH3 is 1. The summed E-state index contributed by atoms with van der Waals surface area (Å²) in [6.07, 6.45) is 0.771. The lowest BCUT2D eigenvalue weighted by molar-refractivity contribution is -0.149. The van der Waals surface area contributed by atoms with Crippen LogP contribution in [0.4, 0.5) is 0 Å². The topological polar surface area (TPSA) is 55.8 Å². The van der Waals surface area contributed by atoms with Gasteiger partial charge in [-0.05, 0) is 23.7 Å². The van der Waals surface area contributed by atoms with Gasteiger partial charge in [0.25, 0.3) is 5.91 Å². The highest BCUT2D eigenvalue weighted by Gasteiger charge is 2.57. The SMILES string of the molecule is COC(=O)[C@H]1C[C@](Cc2ccccc2)(O[Si](C)(C)C(C)(C)C)C(=O)N1C. The van der Waals surface area contributed by atoms with E-state index in [1.807, 2.05) is 30.3 Å². The first kappa shape index (κ1) is 20.6. The molecule has 0 aliphatic carbocycles. The third kappa shape index (κ3) is 3.86. The number of carbonyl (C=O) groups excluding carboxylic acids is 2. The predicted octanol–water partition coefficient (Wildman–Crippen LogP) is 3.39. The summed E-state index contributed by atoms with van der Waals surface area (Å²) in [5.74, 6) is -0.531. The molecule has 0 N–H and O–H groups in total. The van der Waals surface area contributed by atoms with Crippen LogP contribution in [0, 0.1) is 0 Å². The van der Waals surface area contributed by atoms with Gasteiger partial charge in [-0.1, -0.05) is 51.1 Å². The zero-order chi connectivity index (χ0) is 19.8. The Morgan fingerprint density at radius 3 is 2.35 bits per heavy atom. The first-order valence-electron chi connectivity index (χ1n) is 9.03. The second kappa shape index (κ2) is 7.16. The van der Waals surface area contributed by atoms with Crippen molar-refractivity contribution in [3.8, 4) is 0 Å². The summed E-state index contributed by atoms with van der Waals surface area (Å²) in [6.45, 7) is 10.7. The summed E-state index contributed by atoms with van der Waals surface area (Å²) in [6, 6.07) is 9.24. The van der Waals surface area contributed by atoms with Crippen LogP contribution in [0.15, 0.2) is 30.3 Å². The summed E-state index contributed by atoms with van der Waals surface area (Å²) in [5.41, 5.74) is -0.00343. The number of nitrogens with zero attached hydrogens (tertiary/aromatic N) is 1. The molecule has 2 rings (SSSR count). The summed E-state index contributed by atoms with van der Waals surface area (Å²) in [4.78, 5) is 27.0. The minimum Gasteiger partial charge on any atom is -0.467 e. The molecule has 1 heterocycles. The average Bonchev–Trinajstić information content (AvgIpc) is 2.79. The predicted molar refractivity (Wildman–Crippen MR) is 104 cm³/mol. The zero-order valence-corrected chi connectivity index (χ0v) is 18.0. The normalized spacial score (nSPS) is 24.0. The molecular weight excluding hydrogens is 346 g/mol. The summed E-state index contributed by atoms with van der Waals surface area (Å²) >= 11 is 0. The van der Waals surface area contributed by atoms with E-state index in [4.69, 9.17) is 9.16 Å². The average molecular weight is 378 g/mol. The Labute approximate surface area is 157 Å². The zero-order valence-electron chi connectivity index (χ0n) is 17.0. The van der Waals surface area contributed by atoms with Gasteiger partial charge < -0.3 is 14.1 Å². The monoisotopic (exact) mass is 377 g/mol. The second-order valence-electron chi connectivity index (χ2n) is 8.68. The molecule has 1 aliphatic heterocycles. The van der Waals surface area contributed by atoms with Gasteiger partial charge in [-0.15, -0.1) is 0 Å². The Hall–Kier alpha value is -1.66. The number of hydrogen-bond donors (Lipinski definition) is 0. The number of esters is 1. The molecule has 6 heteroatoms. The van der Waals surface area contributed by atoms with E-state index in [9.17, 15) is 9.59 Å². The maximum absolute atomic E-state index is 13.3. The second-order valence-corrected chi connectivity index (χ2v) is 13.4. The molecule has 0 spiro atoms. The van der Waals surface area contributed by atoms with E-state index >= 15 is 0 Å². The Balaban J connectivity index is 2.46. The lowest BCUT2D eigenvalue weighted by atomic mass is 9.91. The summed E-state index contributed by atoms with van der Waals surface area (Å²) in [7, 11) is 0.770. The van der Waals surface area contributed by atoms with E-state index in [1.54, 1.807) is 7.05 Å². The minimum atomic E-state index is -2.24. The number of ether oxygens (including phenoxy) is 1. The smallest absolute Gasteiger partial charge is 0.328 e. The van der Waals surface area contributed by atoms with Gasteiger partial charge in [-0.25, -0.2) is 4.79 Å². The molecule has 1 saturated heterocycles. The number of likely N-dealkylation sites (tertiary alicyclic amines) is 1. The Kier molecular flexibility index (Phi) is 5.68. The van der Waals surface area contributed by atoms with Gasteiger partial charge in [0.2, 0.25) is 0 Å². The minimum absolute atomic E-state index is 0.0428. The van der Waals surface area contributed by atoms with Gasteiger partial charge in [0.05, 0.1) is 7.11 Å². The third-order valence-electron chi connectivity index (χ3n) is 5.76. The maximum Gasteiger partial charge on any atom is 0.328 e. The van der Waals surface area contributed by atoms with Crippen LogP contribution in [0.3, 0.4) is 0 Å². The number of carbonyl (C=O) groups is 2. The van der Waals surface area contributed by atoms with Crippen LogP contribution in [0.25, 0.3) is 0 Å². The third-order valence-corrected chi connectivity index (χ3v) is 10.3. The molecule has 5 nitrogen and oxygen atoms in total. The highest BCUT2D eigenvalue weighted by Crippen LogP contribution is 2.44. The van der Waals surface area contributed by atoms with E-state index in [2.05, 4.69) is 33.9 Å². The lowest BCUT2D eigenvalue weighted by Gasteiger charge is -2.43. The molecule has 0 bridgehead atoms. The fraction of sp³-hybridized carbons (Fsp3) is 0.600. The number of hydrogen-bond acceptors (Lipinski definition) is 4. The molecule has 1 fully saturated rings. The quantitative estimate of drug-likeness (QED) is 0.583. The van der Waals surface area contributed by atoms with Gasteiger partial charge in [0, 0.05) is 19.9 Å². The van der Waals surface area contributed by atoms with Crippen LogP contribution in [0.2, 0.25) is 18.1 Å². The lowest BCUT2D eigenvalue weighted by Crippen LogP contribution is -2.54. The van der Waals surface area contributed by atoms with Crippen LogP contribution in [0.1, 0.15) is 32.8 Å². The van der Waals surface area contributed by atoms with Crippen LogP contribution in [-0.4, -0.2) is 50.9 Å². The molecular formula is C20H31NO4Si. The molecule has 0 saturated carbocycles. The fourth-order valence-corrected chi connectivity index (χ4v) is 4.74. The van der Waals surface area contributed by atoms with E-state index in [-0.39, 0.29) is 10.9 Å². The molecule has 26 heavy (non-hydrogen) atoms. The van der Waals surface area contributed by atoms with Crippen molar-refractivity contribution in [3.63, 3.8) is 0 Å². The maximum atomic E-state index is 13.3. The molecule has 144 valence electrons. The van der Waals surface area contributed by atoms with E-state index < -0.39 is 25.9 Å². The summed E-state index contributed by atoms with van der Waals surface area (Å²) in [5, 5.41) is -0.0428. The van der Waals surface area contributed by atoms with Crippen molar-refractivity contribution in [1.82, 2.24) is 4.90 Å². The van der Waals surface area contributed by atoms with Crippen LogP contribution < -0.4 is 0 Å². The van der Waals surface area contributed by atoms with Crippen LogP contribution >= 0.6 is 0 Å². The fourth-order valence-electron chi connectivity index (χ4n) is 3.21. The van der Waals surface area contributed by atoms with Gasteiger partial charge in [0.15, 0.2) is 8.32 Å². The Morgan fingerprint density at radius 2 is 1.85 bits per heavy atom. The first-order chi connectivity index (χ1) is 11.9. The first-order valence-corrected chi connectivity index (χ1v) is 11.9. The van der Waals surface area contributed by atoms with Gasteiger partial charge in [0.1, 0.15) is 11.6 Å². The summed E-state index contributed by atoms with van der Waals surface area (Å²) < 4.78 is 11.6. The molecule has 1 amide bonds. The van der Waals surface area contributed by atoms with Crippen molar-refractivity contribution in [1.29, 1.82) is 0 Å². The molecule has 1 aromatic carbocycles. The Bertz CT molecular complexity index is 668. The highest BCUT2D eigenvalue weighted by atomic mass is 28.4. The van der Waals surface area contributed by atoms with Crippen molar-refractivity contribution in [2.45, 2.75) is 63.4 Å². The van der Waals surface area contributed by atoms with Crippen molar-refractivity contribution < 1.29 is 18.8 Å². The van der Waals surface area contributed by atoms with Crippen molar-refractivity contribution in [2.75, 3.05) is 14.2 Å². The number of likely N-dealkylation sites (N-methyl/N-ethyl adjacent to an activating group) is 1. The van der Waals surface area contributed by atoms with Gasteiger partial charge in [-0.2, -0.15) is 0 Å². The van der Waals surface area contributed by atoms with E-state index in [1.165, 1.54) is 12.0 Å². The van der Waals surface area contributed by atoms with Gasteiger partial charge >= 0.3 is 5.97 Å². The van der Waals surface area contributed by atoms with E-state index in [0.29, 0.717) is 12.8 Å². The van der Waals surface area contributed by atoms with Crippen LogP contribution in [0.5, 0.6) is 0 Å². The molecule has 1 aromatic rings. The standard InChI is InChI=1S/C20H31NO4Si/c1-19(2,3)26(6,7)25-20(13-15-11-9-8-10-12-15)14-16(17(22)24-5)21(4)18(20)23/h8-12,16H,13-14H2,1-7H3/t16-,20+/m1/s1. The van der Waals surface area contributed by atoms with Crippen molar-refractivity contribution in [2.24, 2.45) is 0 Å². The number of amides is 1.